The quantitative estimate of drug-likeness (QED) is 0.176. The molecule has 0 saturated heterocycles. The maximum Gasteiger partial charge on any atom is 0.507 e. The molecule has 22 heteroatoms. The van der Waals surface area contributed by atoms with E-state index in [2.05, 4.69) is 9.39 Å². The summed E-state index contributed by atoms with van der Waals surface area (Å²) in [5.74, 6) is 0. The molecule has 0 saturated carbocycles. The Labute approximate surface area is 135 Å². The molecule has 0 aliphatic rings. The molecule has 0 aliphatic heterocycles. The molecule has 0 radical (unpaired) electrons. The lowest BCUT2D eigenvalue weighted by atomic mass is 11.3. The van der Waals surface area contributed by atoms with Crippen LogP contribution in [0.4, 0.5) is 16.8 Å². The van der Waals surface area contributed by atoms with E-state index in [4.69, 9.17) is 57.4 Å². The van der Waals surface area contributed by atoms with Gasteiger partial charge in [0.1, 0.15) is 0 Å². The van der Waals surface area contributed by atoms with Crippen molar-refractivity contribution in [1.82, 2.24) is 4.67 Å². The molecule has 0 heterocycles. The first-order valence-corrected chi connectivity index (χ1v) is 10.7. The van der Waals surface area contributed by atoms with Crippen LogP contribution >= 0.6 is 41.0 Å². The molecule has 0 fully saturated rings. The molecule has 0 amide bonds. The van der Waals surface area contributed by atoms with Crippen LogP contribution in [0.15, 0.2) is 0 Å². The molecule has 0 aromatic carbocycles. The molecule has 13 nitrogen and oxygen atoms in total. The molecule has 0 bridgehead atoms. The molecule has 1 unspecified atom stereocenters. The summed E-state index contributed by atoms with van der Waals surface area (Å²) in [4.78, 5) is 55.7. The monoisotopic (exact) mass is 477 g/mol. The summed E-state index contributed by atoms with van der Waals surface area (Å²) < 4.78 is 78.0. The van der Waals surface area contributed by atoms with Crippen LogP contribution < -0.4 is 0 Å². The largest absolute Gasteiger partial charge is 0.507 e. The predicted molar refractivity (Wildman–Crippen MR) is 76.0 cm³/mol. The van der Waals surface area contributed by atoms with E-state index >= 15 is 0 Å². The van der Waals surface area contributed by atoms with Crippen LogP contribution in [-0.4, -0.2) is 57.9 Å². The van der Waals surface area contributed by atoms with Crippen molar-refractivity contribution in [2.24, 2.45) is 0 Å². The van der Waals surface area contributed by atoms with E-state index in [1.165, 1.54) is 0 Å². The van der Waals surface area contributed by atoms with Crippen LogP contribution in [-0.2, 0) is 18.3 Å². The van der Waals surface area contributed by atoms with E-state index in [1.807, 2.05) is 18.8 Å². The van der Waals surface area contributed by atoms with Crippen LogP contribution in [0.1, 0.15) is 0 Å². The van der Waals surface area contributed by atoms with Gasteiger partial charge in [0.05, 0.1) is 0 Å². The van der Waals surface area contributed by atoms with Crippen molar-refractivity contribution in [2.75, 3.05) is 14.1 Å². The normalized spacial score (nSPS) is 11.3. The highest BCUT2D eigenvalue weighted by molar-refractivity contribution is 7.46. The first-order chi connectivity index (χ1) is 9.73. The summed E-state index contributed by atoms with van der Waals surface area (Å²) in [6.07, 6.45) is 0. The number of hydrogen-bond donors (Lipinski definition) is 8. The molecule has 0 rings (SSSR count). The van der Waals surface area contributed by atoms with Crippen LogP contribution in [0, 0.1) is 0 Å². The molecule has 0 aliphatic carbocycles. The van der Waals surface area contributed by atoms with Gasteiger partial charge in [-0.15, -0.1) is 16.8 Å². The second-order valence-corrected chi connectivity index (χ2v) is 7.67. The topological polar surface area (TPSA) is 233 Å². The third kappa shape index (κ3) is 21200. The zero-order valence-corrected chi connectivity index (χ0v) is 16.3. The Balaban J connectivity index is -0.0000000628. The van der Waals surface area contributed by atoms with Crippen molar-refractivity contribution in [3.05, 3.63) is 0 Å². The smallest absolute Gasteiger partial charge is 0.299 e. The Morgan fingerprint density at radius 2 is 0.583 bits per heavy atom. The third-order valence-electron chi connectivity index (χ3n) is 0. The number of halogens is 4. The van der Waals surface area contributed by atoms with Gasteiger partial charge in [-0.3, -0.25) is 43.8 Å². The van der Waals surface area contributed by atoms with Gasteiger partial charge < -0.3 is 0 Å². The molecule has 0 aromatic rings. The van der Waals surface area contributed by atoms with Gasteiger partial charge in [-0.1, -0.05) is 9.39 Å². The minimum atomic E-state index is -5.14. The summed E-state index contributed by atoms with van der Waals surface area (Å²) in [5.41, 5.74) is 0. The SMILES string of the molecule is CN(C)P.O=P(O)(O)F.O=P(O)(O)F.O=P(O)(O)F.O=P(O)(O)F. The molecular weight excluding hydrogens is 461 g/mol. The van der Waals surface area contributed by atoms with Gasteiger partial charge in [0.15, 0.2) is 0 Å². The summed E-state index contributed by atoms with van der Waals surface area (Å²) in [5, 5.41) is 0. The fourth-order valence-electron chi connectivity index (χ4n) is 0. The van der Waals surface area contributed by atoms with Crippen LogP contribution in [0.2, 0.25) is 0 Å². The van der Waals surface area contributed by atoms with Gasteiger partial charge in [0.25, 0.3) is 0 Å². The first-order valence-electron chi connectivity index (χ1n) is 4.16. The molecular formula is C2H16F4NO12P5. The average molecular weight is 477 g/mol. The standard InChI is InChI=1S/C2H8NP.4FH2O3P/c1-3(2)4;4*1-5(2,3)4/h4H2,1-2H3;4*(H2,2,3,4). The van der Waals surface area contributed by atoms with Gasteiger partial charge in [-0.2, -0.15) is 0 Å². The summed E-state index contributed by atoms with van der Waals surface area (Å²) >= 11 is 0. The Morgan fingerprint density at radius 1 is 0.583 bits per heavy atom. The van der Waals surface area contributed by atoms with E-state index in [9.17, 15) is 16.8 Å². The fraction of sp³-hybridized carbons (Fsp3) is 1.00. The molecule has 0 aromatic heterocycles. The Bertz CT molecular complexity index is 346. The third-order valence-corrected chi connectivity index (χ3v) is 0. The van der Waals surface area contributed by atoms with Gasteiger partial charge in [-0.25, -0.2) is 18.3 Å². The van der Waals surface area contributed by atoms with E-state index in [-0.39, 0.29) is 0 Å². The maximum absolute atomic E-state index is 10.4. The van der Waals surface area contributed by atoms with Gasteiger partial charge >= 0.3 is 31.6 Å². The molecule has 8 N–H and O–H groups in total. The summed E-state index contributed by atoms with van der Waals surface area (Å²) in [6, 6.07) is 0. The van der Waals surface area contributed by atoms with E-state index in [1.54, 1.807) is 0 Å². The van der Waals surface area contributed by atoms with Crippen molar-refractivity contribution in [1.29, 1.82) is 0 Å². The van der Waals surface area contributed by atoms with E-state index < -0.39 is 31.6 Å². The zero-order chi connectivity index (χ0) is 21.6. The lowest BCUT2D eigenvalue weighted by Crippen LogP contribution is -1.88. The zero-order valence-electron chi connectivity index (χ0n) is 11.5. The highest BCUT2D eigenvalue weighted by atomic mass is 31.2. The predicted octanol–water partition coefficient (Wildman–Crippen LogP) is 0.533. The van der Waals surface area contributed by atoms with Gasteiger partial charge in [-0.05, 0) is 14.1 Å². The van der Waals surface area contributed by atoms with E-state index in [0.717, 1.165) is 0 Å². The Kier molecular flexibility index (Phi) is 23.7. The van der Waals surface area contributed by atoms with Crippen molar-refractivity contribution in [3.63, 3.8) is 0 Å². The van der Waals surface area contributed by atoms with Crippen molar-refractivity contribution in [2.45, 2.75) is 0 Å². The van der Waals surface area contributed by atoms with Crippen molar-refractivity contribution in [3.8, 4) is 0 Å². The molecule has 24 heavy (non-hydrogen) atoms. The van der Waals surface area contributed by atoms with E-state index in [0.29, 0.717) is 0 Å². The number of rotatable bonds is 0. The molecule has 154 valence electrons. The number of nitrogens with zero attached hydrogens (tertiary/aromatic N) is 1. The Hall–Kier alpha value is 0.710. The second kappa shape index (κ2) is 15.9. The van der Waals surface area contributed by atoms with Crippen molar-refractivity contribution < 1.29 is 74.2 Å². The second-order valence-electron chi connectivity index (χ2n) is 2.86. The van der Waals surface area contributed by atoms with Crippen LogP contribution in [0.25, 0.3) is 0 Å². The van der Waals surface area contributed by atoms with Crippen LogP contribution in [0.3, 0.4) is 0 Å². The van der Waals surface area contributed by atoms with Crippen molar-refractivity contribution >= 4 is 41.0 Å². The molecule has 0 spiro atoms. The number of hydrogen-bond acceptors (Lipinski definition) is 5. The summed E-state index contributed by atoms with van der Waals surface area (Å²) in [6.45, 7) is 0. The van der Waals surface area contributed by atoms with Crippen LogP contribution in [0.5, 0.6) is 0 Å². The minimum Gasteiger partial charge on any atom is -0.299 e. The highest BCUT2D eigenvalue weighted by Crippen LogP contribution is 2.36. The first kappa shape index (κ1) is 35.8. The Morgan fingerprint density at radius 3 is 0.583 bits per heavy atom. The minimum absolute atomic E-state index is 1.92. The lowest BCUT2D eigenvalue weighted by Gasteiger charge is -1.90. The fourth-order valence-corrected chi connectivity index (χ4v) is 0. The highest BCUT2D eigenvalue weighted by Gasteiger charge is 2.06. The average Bonchev–Trinajstić information content (AvgIpc) is 1.82. The maximum atomic E-state index is 10.4. The summed E-state index contributed by atoms with van der Waals surface area (Å²) in [7, 11) is -14.1. The van der Waals surface area contributed by atoms with Gasteiger partial charge in [0.2, 0.25) is 0 Å². The lowest BCUT2D eigenvalue weighted by molar-refractivity contribution is 0.320. The van der Waals surface area contributed by atoms with Gasteiger partial charge in [0, 0.05) is 0 Å². The molecule has 1 atom stereocenters.